The number of hydrogen-bond donors (Lipinski definition) is 0. The molecule has 114 valence electrons. The molecule has 2 heterocycles. The van der Waals surface area contributed by atoms with Crippen LogP contribution in [0.25, 0.3) is 0 Å². The topological polar surface area (TPSA) is 57.1 Å². The quantitative estimate of drug-likeness (QED) is 0.642. The summed E-state index contributed by atoms with van der Waals surface area (Å²) in [5.41, 5.74) is 1.51. The molecule has 3 rings (SSSR count). The Morgan fingerprint density at radius 2 is 2.27 bits per heavy atom. The number of rotatable bonds is 3. The summed E-state index contributed by atoms with van der Waals surface area (Å²) in [6.45, 7) is 1.94. The molecular weight excluding hydrogens is 302 g/mol. The molecule has 0 fully saturated rings. The van der Waals surface area contributed by atoms with Crippen LogP contribution >= 0.6 is 11.3 Å². The van der Waals surface area contributed by atoms with Crippen molar-refractivity contribution in [3.8, 4) is 11.5 Å². The number of nitrogens with zero attached hydrogens (tertiary/aromatic N) is 1. The highest BCUT2D eigenvalue weighted by molar-refractivity contribution is 7.11. The van der Waals surface area contributed by atoms with Crippen molar-refractivity contribution in [2.45, 2.75) is 19.4 Å². The Morgan fingerprint density at radius 1 is 1.41 bits per heavy atom. The molecule has 1 aromatic carbocycles. The molecule has 1 unspecified atom stereocenters. The normalized spacial score (nSPS) is 18.5. The number of carbonyl (C=O) groups is 1. The van der Waals surface area contributed by atoms with E-state index >= 15 is 0 Å². The lowest BCUT2D eigenvalue weighted by Gasteiger charge is -2.24. The lowest BCUT2D eigenvalue weighted by Crippen LogP contribution is -2.25. The van der Waals surface area contributed by atoms with E-state index in [1.165, 1.54) is 11.3 Å². The van der Waals surface area contributed by atoms with E-state index in [0.29, 0.717) is 28.5 Å². The highest BCUT2D eigenvalue weighted by atomic mass is 32.1. The third-order valence-electron chi connectivity index (χ3n) is 3.27. The maximum atomic E-state index is 11.9. The van der Waals surface area contributed by atoms with E-state index in [2.05, 4.69) is 5.16 Å². The molecule has 0 aliphatic carbocycles. The van der Waals surface area contributed by atoms with Crippen molar-refractivity contribution in [1.82, 2.24) is 0 Å². The Kier molecular flexibility index (Phi) is 4.11. The Balaban J connectivity index is 1.85. The predicted molar refractivity (Wildman–Crippen MR) is 84.0 cm³/mol. The van der Waals surface area contributed by atoms with E-state index < -0.39 is 5.97 Å². The molecule has 2 aromatic rings. The Hall–Kier alpha value is -2.34. The van der Waals surface area contributed by atoms with Crippen LogP contribution in [0.5, 0.6) is 11.5 Å². The van der Waals surface area contributed by atoms with Crippen LogP contribution in [0.15, 0.2) is 40.9 Å². The van der Waals surface area contributed by atoms with Crippen LogP contribution in [0.4, 0.5) is 0 Å². The monoisotopic (exact) mass is 317 g/mol. The van der Waals surface area contributed by atoms with E-state index in [1.807, 2.05) is 30.5 Å². The molecule has 5 nitrogen and oxygen atoms in total. The fourth-order valence-corrected chi connectivity index (χ4v) is 2.82. The zero-order chi connectivity index (χ0) is 15.5. The van der Waals surface area contributed by atoms with Crippen molar-refractivity contribution >= 4 is 23.0 Å². The number of methoxy groups -OCH3 is 1. The number of oxime groups is 1. The van der Waals surface area contributed by atoms with Crippen LogP contribution in [0, 0.1) is 0 Å². The maximum Gasteiger partial charge on any atom is 0.375 e. The molecule has 0 saturated heterocycles. The SMILES string of the molecule is COc1ccc2c(c1)OC(C)CC2=NOC(=O)c1cccs1. The molecule has 0 bridgehead atoms. The van der Waals surface area contributed by atoms with Crippen LogP contribution in [-0.4, -0.2) is 24.9 Å². The average Bonchev–Trinajstić information content (AvgIpc) is 3.05. The third kappa shape index (κ3) is 2.96. The van der Waals surface area contributed by atoms with Gasteiger partial charge in [0.15, 0.2) is 0 Å². The molecule has 1 aliphatic rings. The van der Waals surface area contributed by atoms with Gasteiger partial charge in [0, 0.05) is 18.1 Å². The second kappa shape index (κ2) is 6.19. The van der Waals surface area contributed by atoms with Gasteiger partial charge < -0.3 is 14.3 Å². The molecule has 1 aromatic heterocycles. The number of fused-ring (bicyclic) bond motifs is 1. The van der Waals surface area contributed by atoms with Gasteiger partial charge in [-0.05, 0) is 30.5 Å². The average molecular weight is 317 g/mol. The minimum atomic E-state index is -0.447. The van der Waals surface area contributed by atoms with Gasteiger partial charge in [0.25, 0.3) is 0 Å². The summed E-state index contributed by atoms with van der Waals surface area (Å²) in [6.07, 6.45) is 0.538. The van der Waals surface area contributed by atoms with Gasteiger partial charge in [-0.1, -0.05) is 11.2 Å². The van der Waals surface area contributed by atoms with Crippen molar-refractivity contribution in [3.63, 3.8) is 0 Å². The predicted octanol–water partition coefficient (Wildman–Crippen LogP) is 3.49. The van der Waals surface area contributed by atoms with E-state index in [9.17, 15) is 4.79 Å². The molecule has 1 atom stereocenters. The maximum absolute atomic E-state index is 11.9. The molecule has 0 N–H and O–H groups in total. The van der Waals surface area contributed by atoms with Crippen molar-refractivity contribution in [3.05, 3.63) is 46.2 Å². The van der Waals surface area contributed by atoms with Gasteiger partial charge in [-0.25, -0.2) is 4.79 Å². The Labute approximate surface area is 132 Å². The first-order valence-electron chi connectivity index (χ1n) is 6.84. The number of hydrogen-bond acceptors (Lipinski definition) is 6. The van der Waals surface area contributed by atoms with Crippen LogP contribution in [0.1, 0.15) is 28.6 Å². The summed E-state index contributed by atoms with van der Waals surface area (Å²) >= 11 is 1.32. The zero-order valence-electron chi connectivity index (χ0n) is 12.2. The first-order chi connectivity index (χ1) is 10.7. The number of benzene rings is 1. The second-order valence-electron chi connectivity index (χ2n) is 4.89. The van der Waals surface area contributed by atoms with Gasteiger partial charge in [0.1, 0.15) is 22.5 Å². The van der Waals surface area contributed by atoms with Gasteiger partial charge in [-0.15, -0.1) is 11.3 Å². The molecule has 6 heteroatoms. The van der Waals surface area contributed by atoms with Crippen LogP contribution < -0.4 is 9.47 Å². The van der Waals surface area contributed by atoms with Gasteiger partial charge in [-0.2, -0.15) is 0 Å². The standard InChI is InChI=1S/C16H15NO4S/c1-10-8-13(17-21-16(18)15-4-3-7-22-15)12-6-5-11(19-2)9-14(12)20-10/h3-7,9-10H,8H2,1-2H3. The van der Waals surface area contributed by atoms with Gasteiger partial charge in [-0.3, -0.25) is 0 Å². The van der Waals surface area contributed by atoms with Crippen LogP contribution in [-0.2, 0) is 4.84 Å². The van der Waals surface area contributed by atoms with Crippen molar-refractivity contribution < 1.29 is 19.1 Å². The van der Waals surface area contributed by atoms with Crippen molar-refractivity contribution in [1.29, 1.82) is 0 Å². The van der Waals surface area contributed by atoms with Gasteiger partial charge in [0.05, 0.1) is 12.8 Å². The van der Waals surface area contributed by atoms with E-state index in [4.69, 9.17) is 14.3 Å². The largest absolute Gasteiger partial charge is 0.497 e. The van der Waals surface area contributed by atoms with E-state index in [-0.39, 0.29) is 6.10 Å². The van der Waals surface area contributed by atoms with Gasteiger partial charge >= 0.3 is 5.97 Å². The molecule has 1 aliphatic heterocycles. The third-order valence-corrected chi connectivity index (χ3v) is 4.12. The lowest BCUT2D eigenvalue weighted by molar-refractivity contribution is 0.0519. The first-order valence-corrected chi connectivity index (χ1v) is 7.72. The van der Waals surface area contributed by atoms with Crippen LogP contribution in [0.2, 0.25) is 0 Å². The first kappa shape index (κ1) is 14.6. The highest BCUT2D eigenvalue weighted by Crippen LogP contribution is 2.31. The highest BCUT2D eigenvalue weighted by Gasteiger charge is 2.23. The van der Waals surface area contributed by atoms with E-state index in [0.717, 1.165) is 5.56 Å². The fourth-order valence-electron chi connectivity index (χ4n) is 2.23. The molecule has 0 saturated carbocycles. The summed E-state index contributed by atoms with van der Waals surface area (Å²) in [5, 5.41) is 5.86. The summed E-state index contributed by atoms with van der Waals surface area (Å²) in [4.78, 5) is 17.5. The van der Waals surface area contributed by atoms with Crippen LogP contribution in [0.3, 0.4) is 0 Å². The fraction of sp³-hybridized carbons (Fsp3) is 0.250. The molecule has 22 heavy (non-hydrogen) atoms. The number of thiophene rings is 1. The van der Waals surface area contributed by atoms with E-state index in [1.54, 1.807) is 19.2 Å². The molecular formula is C16H15NO4S. The number of ether oxygens (including phenoxy) is 2. The Morgan fingerprint density at radius 3 is 3.00 bits per heavy atom. The molecule has 0 spiro atoms. The summed E-state index contributed by atoms with van der Waals surface area (Å²) in [6, 6.07) is 9.00. The van der Waals surface area contributed by atoms with Crippen molar-refractivity contribution in [2.24, 2.45) is 5.16 Å². The number of carbonyl (C=O) groups excluding carboxylic acids is 1. The minimum absolute atomic E-state index is 0.0428. The summed E-state index contributed by atoms with van der Waals surface area (Å²) in [5.74, 6) is 0.948. The second-order valence-corrected chi connectivity index (χ2v) is 5.84. The summed E-state index contributed by atoms with van der Waals surface area (Å²) < 4.78 is 11.0. The smallest absolute Gasteiger partial charge is 0.375 e. The summed E-state index contributed by atoms with van der Waals surface area (Å²) in [7, 11) is 1.60. The lowest BCUT2D eigenvalue weighted by atomic mass is 10.0. The molecule has 0 amide bonds. The molecule has 0 radical (unpaired) electrons. The zero-order valence-corrected chi connectivity index (χ0v) is 13.1. The Bertz CT molecular complexity index is 709. The van der Waals surface area contributed by atoms with Gasteiger partial charge in [0.2, 0.25) is 0 Å². The van der Waals surface area contributed by atoms with Crippen molar-refractivity contribution in [2.75, 3.05) is 7.11 Å². The minimum Gasteiger partial charge on any atom is -0.497 e.